The molecule has 0 fully saturated rings. The summed E-state index contributed by atoms with van der Waals surface area (Å²) in [5.41, 5.74) is 1.98. The normalized spacial score (nSPS) is 11.0. The zero-order valence-corrected chi connectivity index (χ0v) is 14.1. The molecule has 0 spiro atoms. The predicted octanol–water partition coefficient (Wildman–Crippen LogP) is 4.07. The summed E-state index contributed by atoms with van der Waals surface area (Å²) in [7, 11) is 0. The largest absolute Gasteiger partial charge is 0.345 e. The molecule has 0 saturated heterocycles. The first-order valence-corrected chi connectivity index (χ1v) is 8.15. The number of carbonyl (C=O) groups is 1. The molecule has 0 aliphatic rings. The van der Waals surface area contributed by atoms with Gasteiger partial charge in [0.25, 0.3) is 0 Å². The molecule has 0 radical (unpaired) electrons. The maximum atomic E-state index is 13.3. The molecule has 23 heavy (non-hydrogen) atoms. The molecule has 2 aromatic rings. The highest BCUT2D eigenvalue weighted by molar-refractivity contribution is 5.75. The van der Waals surface area contributed by atoms with Crippen LogP contribution < -0.4 is 0 Å². The summed E-state index contributed by atoms with van der Waals surface area (Å²) in [6.07, 6.45) is 2.49. The van der Waals surface area contributed by atoms with Crippen LogP contribution in [0.2, 0.25) is 0 Å². The summed E-state index contributed by atoms with van der Waals surface area (Å²) in [6.45, 7) is 8.06. The van der Waals surface area contributed by atoms with Gasteiger partial charge in [-0.25, -0.2) is 4.39 Å². The minimum Gasteiger partial charge on any atom is -0.345 e. The molecule has 0 N–H and O–H groups in total. The second-order valence-electron chi connectivity index (χ2n) is 6.28. The standard InChI is InChI=1S/C19H25FN2O/c1-4-19(23)22(12-15(2)3)14-18-9-6-10-21(18)13-16-7-5-8-17(20)11-16/h5-11,15H,4,12-14H2,1-3H3. The van der Waals surface area contributed by atoms with Gasteiger partial charge >= 0.3 is 0 Å². The van der Waals surface area contributed by atoms with Crippen molar-refractivity contribution in [1.29, 1.82) is 0 Å². The number of halogens is 1. The first-order valence-electron chi connectivity index (χ1n) is 8.15. The van der Waals surface area contributed by atoms with E-state index in [2.05, 4.69) is 18.4 Å². The van der Waals surface area contributed by atoms with Gasteiger partial charge in [-0.05, 0) is 35.7 Å². The lowest BCUT2D eigenvalue weighted by Gasteiger charge is -2.25. The number of nitrogens with zero attached hydrogens (tertiary/aromatic N) is 2. The van der Waals surface area contributed by atoms with E-state index in [-0.39, 0.29) is 11.7 Å². The lowest BCUT2D eigenvalue weighted by molar-refractivity contribution is -0.132. The Bertz CT molecular complexity index is 648. The maximum Gasteiger partial charge on any atom is 0.222 e. The van der Waals surface area contributed by atoms with Gasteiger partial charge in [-0.2, -0.15) is 0 Å². The Balaban J connectivity index is 2.14. The van der Waals surface area contributed by atoms with Crippen molar-refractivity contribution in [3.63, 3.8) is 0 Å². The number of hydrogen-bond acceptors (Lipinski definition) is 1. The third-order valence-corrected chi connectivity index (χ3v) is 3.76. The lowest BCUT2D eigenvalue weighted by Crippen LogP contribution is -2.33. The molecule has 2 rings (SSSR count). The van der Waals surface area contributed by atoms with Gasteiger partial charge in [0, 0.05) is 31.4 Å². The van der Waals surface area contributed by atoms with Crippen molar-refractivity contribution >= 4 is 5.91 Å². The average molecular weight is 316 g/mol. The van der Waals surface area contributed by atoms with Crippen molar-refractivity contribution in [2.24, 2.45) is 5.92 Å². The molecular weight excluding hydrogens is 291 g/mol. The molecule has 3 nitrogen and oxygen atoms in total. The second kappa shape index (κ2) is 7.95. The van der Waals surface area contributed by atoms with E-state index >= 15 is 0 Å². The monoisotopic (exact) mass is 316 g/mol. The Hall–Kier alpha value is -2.10. The van der Waals surface area contributed by atoms with E-state index in [0.717, 1.165) is 17.8 Å². The van der Waals surface area contributed by atoms with E-state index in [9.17, 15) is 9.18 Å². The minimum absolute atomic E-state index is 0.164. The molecule has 0 aliphatic heterocycles. The van der Waals surface area contributed by atoms with Crippen LogP contribution >= 0.6 is 0 Å². The highest BCUT2D eigenvalue weighted by Crippen LogP contribution is 2.13. The fourth-order valence-corrected chi connectivity index (χ4v) is 2.69. The van der Waals surface area contributed by atoms with Crippen molar-refractivity contribution in [1.82, 2.24) is 9.47 Å². The highest BCUT2D eigenvalue weighted by Gasteiger charge is 2.15. The van der Waals surface area contributed by atoms with Crippen molar-refractivity contribution in [2.45, 2.75) is 40.3 Å². The zero-order chi connectivity index (χ0) is 16.8. The minimum atomic E-state index is -0.223. The molecule has 1 aromatic heterocycles. The molecule has 0 atom stereocenters. The van der Waals surface area contributed by atoms with Crippen LogP contribution in [0.15, 0.2) is 42.6 Å². The maximum absolute atomic E-state index is 13.3. The van der Waals surface area contributed by atoms with Crippen LogP contribution in [0.5, 0.6) is 0 Å². The van der Waals surface area contributed by atoms with E-state index in [1.807, 2.05) is 36.2 Å². The van der Waals surface area contributed by atoms with E-state index < -0.39 is 0 Å². The topological polar surface area (TPSA) is 25.2 Å². The molecule has 124 valence electrons. The quantitative estimate of drug-likeness (QED) is 0.756. The smallest absolute Gasteiger partial charge is 0.222 e. The van der Waals surface area contributed by atoms with Gasteiger partial charge in [-0.1, -0.05) is 32.9 Å². The van der Waals surface area contributed by atoms with Crippen LogP contribution in [0.3, 0.4) is 0 Å². The predicted molar refractivity (Wildman–Crippen MR) is 90.5 cm³/mol. The fourth-order valence-electron chi connectivity index (χ4n) is 2.69. The van der Waals surface area contributed by atoms with Crippen molar-refractivity contribution < 1.29 is 9.18 Å². The molecular formula is C19H25FN2O. The summed E-state index contributed by atoms with van der Waals surface area (Å²) < 4.78 is 15.4. The first kappa shape index (κ1) is 17.3. The number of hydrogen-bond donors (Lipinski definition) is 0. The number of carbonyl (C=O) groups excluding carboxylic acids is 1. The van der Waals surface area contributed by atoms with Crippen LogP contribution in [0, 0.1) is 11.7 Å². The Morgan fingerprint density at radius 2 is 2.04 bits per heavy atom. The van der Waals surface area contributed by atoms with Crippen molar-refractivity contribution in [3.05, 3.63) is 59.7 Å². The van der Waals surface area contributed by atoms with Crippen LogP contribution in [-0.2, 0) is 17.9 Å². The van der Waals surface area contributed by atoms with E-state index in [1.54, 1.807) is 12.1 Å². The number of rotatable bonds is 7. The van der Waals surface area contributed by atoms with Gasteiger partial charge in [0.2, 0.25) is 5.91 Å². The summed E-state index contributed by atoms with van der Waals surface area (Å²) in [5, 5.41) is 0. The van der Waals surface area contributed by atoms with E-state index in [0.29, 0.717) is 25.4 Å². The molecule has 0 aliphatic carbocycles. The Morgan fingerprint density at radius 3 is 2.70 bits per heavy atom. The zero-order valence-electron chi connectivity index (χ0n) is 14.1. The number of aromatic nitrogens is 1. The first-order chi connectivity index (χ1) is 11.0. The molecule has 0 unspecified atom stereocenters. The molecule has 4 heteroatoms. The number of amides is 1. The van der Waals surface area contributed by atoms with Crippen LogP contribution in [0.4, 0.5) is 4.39 Å². The summed E-state index contributed by atoms with van der Waals surface area (Å²) in [5.74, 6) is 0.369. The van der Waals surface area contributed by atoms with Gasteiger partial charge in [-0.3, -0.25) is 4.79 Å². The number of benzene rings is 1. The van der Waals surface area contributed by atoms with Crippen LogP contribution in [-0.4, -0.2) is 21.9 Å². The van der Waals surface area contributed by atoms with E-state index in [1.165, 1.54) is 6.07 Å². The highest BCUT2D eigenvalue weighted by atomic mass is 19.1. The summed E-state index contributed by atoms with van der Waals surface area (Å²) in [4.78, 5) is 14.1. The Morgan fingerprint density at radius 1 is 1.26 bits per heavy atom. The van der Waals surface area contributed by atoms with E-state index in [4.69, 9.17) is 0 Å². The molecule has 1 aromatic carbocycles. The van der Waals surface area contributed by atoms with Gasteiger partial charge in [0.05, 0.1) is 6.54 Å². The van der Waals surface area contributed by atoms with Gasteiger partial charge < -0.3 is 9.47 Å². The van der Waals surface area contributed by atoms with Gasteiger partial charge in [0.15, 0.2) is 0 Å². The molecule has 0 bridgehead atoms. The fraction of sp³-hybridized carbons (Fsp3) is 0.421. The van der Waals surface area contributed by atoms with Crippen LogP contribution in [0.1, 0.15) is 38.4 Å². The molecule has 0 saturated carbocycles. The Labute approximate surface area is 137 Å². The lowest BCUT2D eigenvalue weighted by atomic mass is 10.2. The summed E-state index contributed by atoms with van der Waals surface area (Å²) in [6, 6.07) is 10.6. The second-order valence-corrected chi connectivity index (χ2v) is 6.28. The van der Waals surface area contributed by atoms with Crippen molar-refractivity contribution in [3.8, 4) is 0 Å². The molecule has 1 heterocycles. The van der Waals surface area contributed by atoms with Gasteiger partial charge in [-0.15, -0.1) is 0 Å². The average Bonchev–Trinajstić information content (AvgIpc) is 2.92. The third-order valence-electron chi connectivity index (χ3n) is 3.76. The van der Waals surface area contributed by atoms with Crippen LogP contribution in [0.25, 0.3) is 0 Å². The Kier molecular flexibility index (Phi) is 5.97. The third kappa shape index (κ3) is 4.95. The molecule has 1 amide bonds. The SMILES string of the molecule is CCC(=O)N(Cc1cccn1Cc1cccc(F)c1)CC(C)C. The van der Waals surface area contributed by atoms with Gasteiger partial charge in [0.1, 0.15) is 5.82 Å². The van der Waals surface area contributed by atoms with Crippen molar-refractivity contribution in [2.75, 3.05) is 6.54 Å². The summed E-state index contributed by atoms with van der Waals surface area (Å²) >= 11 is 0.